The van der Waals surface area contributed by atoms with Crippen LogP contribution in [0.25, 0.3) is 0 Å². The van der Waals surface area contributed by atoms with Gasteiger partial charge in [-0.2, -0.15) is 10.2 Å². The van der Waals surface area contributed by atoms with Crippen molar-refractivity contribution in [2.75, 3.05) is 25.0 Å². The monoisotopic (exact) mass is 476 g/mol. The van der Waals surface area contributed by atoms with Crippen molar-refractivity contribution in [2.45, 2.75) is 72.8 Å². The molecule has 11 heteroatoms. The number of aromatic nitrogens is 2. The molecule has 34 heavy (non-hydrogen) atoms. The summed E-state index contributed by atoms with van der Waals surface area (Å²) in [5.41, 5.74) is 0.152. The fourth-order valence-electron chi connectivity index (χ4n) is 4.76. The molecule has 1 fully saturated rings. The van der Waals surface area contributed by atoms with Crippen molar-refractivity contribution >= 4 is 18.1 Å². The Kier molecular flexibility index (Phi) is 9.29. The Balaban J connectivity index is 1.92. The minimum atomic E-state index is -0.528. The molecule has 0 spiro atoms. The largest absolute Gasteiger partial charge is 0.449 e. The van der Waals surface area contributed by atoms with Gasteiger partial charge >= 0.3 is 12.1 Å². The van der Waals surface area contributed by atoms with Crippen LogP contribution in [0, 0.1) is 29.3 Å². The Morgan fingerprint density at radius 3 is 2.65 bits per heavy atom. The Hall–Kier alpha value is -3.29. The Morgan fingerprint density at radius 1 is 1.26 bits per heavy atom. The molecule has 4 N–H and O–H groups in total. The van der Waals surface area contributed by atoms with Gasteiger partial charge in [-0.15, -0.1) is 0 Å². The van der Waals surface area contributed by atoms with Crippen LogP contribution < -0.4 is 21.5 Å². The highest BCUT2D eigenvalue weighted by Gasteiger charge is 2.42. The van der Waals surface area contributed by atoms with Crippen LogP contribution in [0.5, 0.6) is 0 Å². The molecule has 0 aromatic carbocycles. The molecule has 0 bridgehead atoms. The number of urea groups is 1. The van der Waals surface area contributed by atoms with E-state index in [0.717, 1.165) is 19.3 Å². The number of carbonyl (C=O) groups excluding carboxylic acids is 2. The summed E-state index contributed by atoms with van der Waals surface area (Å²) < 4.78 is 10.3. The van der Waals surface area contributed by atoms with Gasteiger partial charge in [0, 0.05) is 30.8 Å². The van der Waals surface area contributed by atoms with Crippen molar-refractivity contribution in [1.82, 2.24) is 20.6 Å². The highest BCUT2D eigenvalue weighted by Crippen LogP contribution is 2.46. The number of ether oxygens (including phenoxy) is 2. The van der Waals surface area contributed by atoms with E-state index in [1.807, 2.05) is 6.92 Å². The lowest BCUT2D eigenvalue weighted by molar-refractivity contribution is -0.00938. The van der Waals surface area contributed by atoms with Crippen molar-refractivity contribution in [3.63, 3.8) is 0 Å². The third-order valence-corrected chi connectivity index (χ3v) is 5.87. The van der Waals surface area contributed by atoms with E-state index in [9.17, 15) is 14.4 Å². The van der Waals surface area contributed by atoms with Crippen molar-refractivity contribution < 1.29 is 19.1 Å². The number of aromatic amines is 1. The van der Waals surface area contributed by atoms with E-state index in [0.29, 0.717) is 30.8 Å². The first-order valence-electron chi connectivity index (χ1n) is 11.6. The number of nitrogens with one attached hydrogen (secondary N) is 4. The van der Waals surface area contributed by atoms with E-state index in [4.69, 9.17) is 14.7 Å². The van der Waals surface area contributed by atoms with E-state index in [-0.39, 0.29) is 35.9 Å². The Morgan fingerprint density at radius 2 is 2.00 bits per heavy atom. The highest BCUT2D eigenvalue weighted by atomic mass is 16.5. The second-order valence-corrected chi connectivity index (χ2v) is 10.0. The van der Waals surface area contributed by atoms with Gasteiger partial charge in [0.15, 0.2) is 0 Å². The maximum atomic E-state index is 12.5. The fourth-order valence-corrected chi connectivity index (χ4v) is 4.76. The van der Waals surface area contributed by atoms with Gasteiger partial charge in [0.05, 0.1) is 6.61 Å². The van der Waals surface area contributed by atoms with E-state index < -0.39 is 17.7 Å². The predicted molar refractivity (Wildman–Crippen MR) is 126 cm³/mol. The van der Waals surface area contributed by atoms with Gasteiger partial charge in [-0.1, -0.05) is 27.7 Å². The van der Waals surface area contributed by atoms with Crippen LogP contribution in [0.1, 0.15) is 64.6 Å². The van der Waals surface area contributed by atoms with Crippen LogP contribution in [-0.2, 0) is 15.9 Å². The van der Waals surface area contributed by atoms with Gasteiger partial charge in [-0.05, 0) is 43.4 Å². The summed E-state index contributed by atoms with van der Waals surface area (Å²) >= 11 is 0. The van der Waals surface area contributed by atoms with Crippen molar-refractivity contribution in [3.05, 3.63) is 21.6 Å². The maximum absolute atomic E-state index is 12.5. The molecule has 1 aromatic heterocycles. The number of hydrogen-bond acceptors (Lipinski definition) is 7. The third kappa shape index (κ3) is 8.24. The number of nitrogens with zero attached hydrogens (tertiary/aromatic N) is 2. The van der Waals surface area contributed by atoms with Crippen LogP contribution in [0.2, 0.25) is 0 Å². The topological polar surface area (TPSA) is 158 Å². The molecule has 1 aliphatic rings. The van der Waals surface area contributed by atoms with Gasteiger partial charge in [0.25, 0.3) is 11.8 Å². The molecule has 0 aliphatic heterocycles. The van der Waals surface area contributed by atoms with E-state index in [1.54, 1.807) is 13.2 Å². The quantitative estimate of drug-likeness (QED) is 0.399. The van der Waals surface area contributed by atoms with Gasteiger partial charge in [0.1, 0.15) is 6.10 Å². The average molecular weight is 477 g/mol. The lowest BCUT2D eigenvalue weighted by Crippen LogP contribution is -2.46. The number of alkyl carbamates (subject to hydrolysis) is 1. The normalized spacial score (nSPS) is 21.1. The summed E-state index contributed by atoms with van der Waals surface area (Å²) in [6.45, 7) is 10.9. The first-order valence-corrected chi connectivity index (χ1v) is 11.6. The molecule has 2 rings (SSSR count). The Labute approximate surface area is 200 Å². The molecule has 2 unspecified atom stereocenters. The molecule has 2 atom stereocenters. The van der Waals surface area contributed by atoms with Crippen molar-refractivity contribution in [3.8, 4) is 6.26 Å². The second kappa shape index (κ2) is 11.7. The molecule has 11 nitrogen and oxygen atoms in total. The van der Waals surface area contributed by atoms with E-state index in [1.165, 1.54) is 0 Å². The number of nitriles is 1. The molecule has 0 radical (unpaired) electrons. The number of carbonyl (C=O) groups is 2. The van der Waals surface area contributed by atoms with Crippen LogP contribution >= 0.6 is 0 Å². The summed E-state index contributed by atoms with van der Waals surface area (Å²) in [5.74, 6) is 0.0326. The molecule has 1 heterocycles. The molecule has 1 saturated carbocycles. The minimum absolute atomic E-state index is 0.0210. The standard InChI is InChI=1S/C23H36N6O5/c1-6-8-25-21(32)33-9-7-17-15(2)27-19(28-18(17)30)29-20(31)26-13-23(5)11-16(34-14-24)10-22(3,4)12-23/h16H,6-13H2,1-5H3,(H,25,32)(H3,26,27,28,29,30,31). The summed E-state index contributed by atoms with van der Waals surface area (Å²) in [7, 11) is 0. The SMILES string of the molecule is CCCNC(=O)OCCc1c(C)[nH]c(NC(=O)NCC2(C)CC(OC#N)CC(C)(C)C2)nc1=O. The number of aryl methyl sites for hydroxylation is 1. The van der Waals surface area contributed by atoms with Crippen LogP contribution in [0.4, 0.5) is 15.5 Å². The predicted octanol–water partition coefficient (Wildman–Crippen LogP) is 2.96. The minimum Gasteiger partial charge on any atom is -0.449 e. The number of rotatable bonds is 9. The smallest absolute Gasteiger partial charge is 0.407 e. The fraction of sp³-hybridized carbons (Fsp3) is 0.696. The third-order valence-electron chi connectivity index (χ3n) is 5.87. The molecule has 1 aromatic rings. The summed E-state index contributed by atoms with van der Waals surface area (Å²) in [5, 5.41) is 16.9. The lowest BCUT2D eigenvalue weighted by atomic mass is 9.63. The number of H-pyrrole nitrogens is 1. The van der Waals surface area contributed by atoms with Gasteiger partial charge < -0.3 is 25.1 Å². The number of amides is 3. The van der Waals surface area contributed by atoms with Crippen LogP contribution in [-0.4, -0.2) is 47.9 Å². The van der Waals surface area contributed by atoms with Gasteiger partial charge in [-0.25, -0.2) is 9.59 Å². The lowest BCUT2D eigenvalue weighted by Gasteiger charge is -2.45. The Bertz CT molecular complexity index is 970. The van der Waals surface area contributed by atoms with Crippen LogP contribution in [0.15, 0.2) is 4.79 Å². The van der Waals surface area contributed by atoms with Crippen LogP contribution in [0.3, 0.4) is 0 Å². The molecular weight excluding hydrogens is 440 g/mol. The second-order valence-electron chi connectivity index (χ2n) is 10.0. The zero-order valence-electron chi connectivity index (χ0n) is 20.7. The maximum Gasteiger partial charge on any atom is 0.407 e. The molecule has 3 amide bonds. The zero-order chi connectivity index (χ0) is 25.4. The summed E-state index contributed by atoms with van der Waals surface area (Å²) in [4.78, 5) is 43.2. The molecule has 0 saturated heterocycles. The summed E-state index contributed by atoms with van der Waals surface area (Å²) in [6, 6.07) is -0.492. The molecule has 188 valence electrons. The van der Waals surface area contributed by atoms with Gasteiger partial charge in [0.2, 0.25) is 5.95 Å². The molecule has 1 aliphatic carbocycles. The molecular formula is C23H36N6O5. The first-order chi connectivity index (χ1) is 16.0. The first kappa shape index (κ1) is 27.0. The number of anilines is 1. The summed E-state index contributed by atoms with van der Waals surface area (Å²) in [6.07, 6.45) is 4.39. The van der Waals surface area contributed by atoms with Crippen molar-refractivity contribution in [2.24, 2.45) is 10.8 Å². The van der Waals surface area contributed by atoms with Crippen molar-refractivity contribution in [1.29, 1.82) is 5.26 Å². The van der Waals surface area contributed by atoms with E-state index in [2.05, 4.69) is 46.7 Å². The highest BCUT2D eigenvalue weighted by molar-refractivity contribution is 5.87. The van der Waals surface area contributed by atoms with Gasteiger partial charge in [-0.3, -0.25) is 10.1 Å². The number of hydrogen-bond donors (Lipinski definition) is 4. The average Bonchev–Trinajstić information content (AvgIpc) is 2.71. The zero-order valence-corrected chi connectivity index (χ0v) is 20.7. The van der Waals surface area contributed by atoms with E-state index >= 15 is 0 Å².